The first kappa shape index (κ1) is 15.7. The Labute approximate surface area is 139 Å². The fourth-order valence-corrected chi connectivity index (χ4v) is 2.54. The van der Waals surface area contributed by atoms with Gasteiger partial charge in [-0.3, -0.25) is 4.79 Å². The summed E-state index contributed by atoms with van der Waals surface area (Å²) in [7, 11) is 0. The Morgan fingerprint density at radius 3 is 3.00 bits per heavy atom. The highest BCUT2D eigenvalue weighted by Gasteiger charge is 2.21. The largest absolute Gasteiger partial charge is 0.477 e. The second kappa shape index (κ2) is 7.37. The topological polar surface area (TPSA) is 64.1 Å². The van der Waals surface area contributed by atoms with Crippen molar-refractivity contribution in [2.45, 2.75) is 26.3 Å². The molecule has 0 aromatic carbocycles. The van der Waals surface area contributed by atoms with Crippen LogP contribution in [0.25, 0.3) is 6.08 Å². The Bertz CT molecular complexity index is 690. The highest BCUT2D eigenvalue weighted by atomic mass is 32.1. The minimum absolute atomic E-state index is 0.148. The summed E-state index contributed by atoms with van der Waals surface area (Å²) in [5, 5.41) is 5.73. The molecule has 0 unspecified atom stereocenters. The standard InChI is InChI=1S/C17H19N3O2S/c1-12-20-15(11-23-12)5-6-16(21)18-8-14-4-7-17(19-9-14)22-10-13-2-3-13/h4-7,9,11,13H,2-3,8,10H2,1H3,(H,18,21). The number of carbonyl (C=O) groups excluding carboxylic acids is 1. The number of hydrogen-bond acceptors (Lipinski definition) is 5. The second-order valence-corrected chi connectivity index (χ2v) is 6.66. The molecule has 0 atom stereocenters. The Balaban J connectivity index is 1.43. The number of hydrogen-bond donors (Lipinski definition) is 1. The van der Waals surface area contributed by atoms with Crippen LogP contribution in [0, 0.1) is 12.8 Å². The van der Waals surface area contributed by atoms with Crippen molar-refractivity contribution in [3.05, 3.63) is 46.1 Å². The maximum Gasteiger partial charge on any atom is 0.244 e. The molecule has 1 saturated carbocycles. The maximum absolute atomic E-state index is 11.8. The van der Waals surface area contributed by atoms with Crippen LogP contribution in [0.5, 0.6) is 5.88 Å². The molecule has 1 amide bonds. The van der Waals surface area contributed by atoms with E-state index in [1.54, 1.807) is 23.6 Å². The Kier molecular flexibility index (Phi) is 5.02. The van der Waals surface area contributed by atoms with Crippen molar-refractivity contribution in [3.63, 3.8) is 0 Å². The molecular weight excluding hydrogens is 310 g/mol. The average molecular weight is 329 g/mol. The molecule has 1 aliphatic carbocycles. The van der Waals surface area contributed by atoms with Gasteiger partial charge in [0.05, 0.1) is 17.3 Å². The quantitative estimate of drug-likeness (QED) is 0.793. The first-order valence-corrected chi connectivity index (χ1v) is 8.53. The molecule has 0 saturated heterocycles. The van der Waals surface area contributed by atoms with E-state index in [-0.39, 0.29) is 5.91 Å². The lowest BCUT2D eigenvalue weighted by Gasteiger charge is -2.05. The lowest BCUT2D eigenvalue weighted by atomic mass is 10.3. The van der Waals surface area contributed by atoms with Crippen LogP contribution in [0.4, 0.5) is 0 Å². The van der Waals surface area contributed by atoms with Gasteiger partial charge in [0.1, 0.15) is 0 Å². The van der Waals surface area contributed by atoms with E-state index in [2.05, 4.69) is 15.3 Å². The van der Waals surface area contributed by atoms with Gasteiger partial charge >= 0.3 is 0 Å². The van der Waals surface area contributed by atoms with E-state index < -0.39 is 0 Å². The van der Waals surface area contributed by atoms with Gasteiger partial charge in [0.2, 0.25) is 11.8 Å². The Hall–Kier alpha value is -2.21. The van der Waals surface area contributed by atoms with Crippen molar-refractivity contribution in [2.24, 2.45) is 5.92 Å². The summed E-state index contributed by atoms with van der Waals surface area (Å²) in [4.78, 5) is 20.3. The number of nitrogens with one attached hydrogen (secondary N) is 1. The van der Waals surface area contributed by atoms with Crippen LogP contribution in [0.3, 0.4) is 0 Å². The SMILES string of the molecule is Cc1nc(C=CC(=O)NCc2ccc(OCC3CC3)nc2)cs1. The number of nitrogens with zero attached hydrogens (tertiary/aromatic N) is 2. The van der Waals surface area contributed by atoms with Crippen LogP contribution >= 0.6 is 11.3 Å². The van der Waals surface area contributed by atoms with Crippen molar-refractivity contribution >= 4 is 23.3 Å². The lowest BCUT2D eigenvalue weighted by Crippen LogP contribution is -2.20. The van der Waals surface area contributed by atoms with Crippen molar-refractivity contribution < 1.29 is 9.53 Å². The molecule has 0 aliphatic heterocycles. The van der Waals surface area contributed by atoms with Gasteiger partial charge in [-0.25, -0.2) is 9.97 Å². The summed E-state index contributed by atoms with van der Waals surface area (Å²) in [5.74, 6) is 1.21. The molecular formula is C17H19N3O2S. The van der Waals surface area contributed by atoms with Crippen LogP contribution in [-0.4, -0.2) is 22.5 Å². The van der Waals surface area contributed by atoms with Gasteiger partial charge in [-0.2, -0.15) is 0 Å². The smallest absolute Gasteiger partial charge is 0.244 e. The van der Waals surface area contributed by atoms with Crippen LogP contribution in [0.2, 0.25) is 0 Å². The van der Waals surface area contributed by atoms with Crippen LogP contribution in [-0.2, 0) is 11.3 Å². The van der Waals surface area contributed by atoms with E-state index in [1.807, 2.05) is 24.4 Å². The zero-order valence-electron chi connectivity index (χ0n) is 13.0. The van der Waals surface area contributed by atoms with Gasteiger partial charge in [-0.15, -0.1) is 11.3 Å². The molecule has 1 N–H and O–H groups in total. The first-order valence-electron chi connectivity index (χ1n) is 7.65. The second-order valence-electron chi connectivity index (χ2n) is 5.60. The van der Waals surface area contributed by atoms with Crippen molar-refractivity contribution in [1.29, 1.82) is 0 Å². The highest BCUT2D eigenvalue weighted by Crippen LogP contribution is 2.29. The van der Waals surface area contributed by atoms with E-state index in [1.165, 1.54) is 18.9 Å². The van der Waals surface area contributed by atoms with Gasteiger partial charge in [0.25, 0.3) is 0 Å². The number of aromatic nitrogens is 2. The molecule has 0 spiro atoms. The summed E-state index contributed by atoms with van der Waals surface area (Å²) in [6.45, 7) is 3.13. The molecule has 3 rings (SSSR count). The molecule has 2 aromatic heterocycles. The number of thiazole rings is 1. The predicted molar refractivity (Wildman–Crippen MR) is 90.2 cm³/mol. The van der Waals surface area contributed by atoms with Gasteiger partial charge in [-0.1, -0.05) is 6.07 Å². The van der Waals surface area contributed by atoms with E-state index in [4.69, 9.17) is 4.74 Å². The van der Waals surface area contributed by atoms with Crippen LogP contribution < -0.4 is 10.1 Å². The summed E-state index contributed by atoms with van der Waals surface area (Å²) in [6.07, 6.45) is 7.47. The normalized spacial score (nSPS) is 14.1. The summed E-state index contributed by atoms with van der Waals surface area (Å²) in [5.41, 5.74) is 1.75. The summed E-state index contributed by atoms with van der Waals surface area (Å²) in [6, 6.07) is 3.76. The first-order chi connectivity index (χ1) is 11.2. The average Bonchev–Trinajstić information content (AvgIpc) is 3.30. The molecule has 120 valence electrons. The molecule has 2 heterocycles. The van der Waals surface area contributed by atoms with Gasteiger partial charge in [0.15, 0.2) is 0 Å². The number of rotatable bonds is 7. The third-order valence-corrected chi connectivity index (χ3v) is 4.26. The number of amides is 1. The van der Waals surface area contributed by atoms with Crippen LogP contribution in [0.1, 0.15) is 29.1 Å². The Morgan fingerprint density at radius 1 is 1.48 bits per heavy atom. The van der Waals surface area contributed by atoms with Gasteiger partial charge < -0.3 is 10.1 Å². The number of ether oxygens (including phenoxy) is 1. The van der Waals surface area contributed by atoms with Crippen molar-refractivity contribution in [1.82, 2.24) is 15.3 Å². The zero-order valence-corrected chi connectivity index (χ0v) is 13.8. The van der Waals surface area contributed by atoms with E-state index in [9.17, 15) is 4.79 Å². The Morgan fingerprint density at radius 2 is 2.35 bits per heavy atom. The molecule has 5 nitrogen and oxygen atoms in total. The molecule has 0 radical (unpaired) electrons. The fourth-order valence-electron chi connectivity index (χ4n) is 1.95. The third kappa shape index (κ3) is 5.17. The third-order valence-electron chi connectivity index (χ3n) is 3.47. The lowest BCUT2D eigenvalue weighted by molar-refractivity contribution is -0.116. The fraction of sp³-hybridized carbons (Fsp3) is 0.353. The molecule has 2 aromatic rings. The van der Waals surface area contributed by atoms with Gasteiger partial charge in [-0.05, 0) is 37.3 Å². The molecule has 6 heteroatoms. The molecule has 1 aliphatic rings. The molecule has 1 fully saturated rings. The predicted octanol–water partition coefficient (Wildman–Crippen LogP) is 2.96. The summed E-state index contributed by atoms with van der Waals surface area (Å²) < 4.78 is 5.58. The maximum atomic E-state index is 11.8. The monoisotopic (exact) mass is 329 g/mol. The van der Waals surface area contributed by atoms with Crippen molar-refractivity contribution in [2.75, 3.05) is 6.61 Å². The zero-order chi connectivity index (χ0) is 16.1. The molecule has 23 heavy (non-hydrogen) atoms. The van der Waals surface area contributed by atoms with Crippen LogP contribution in [0.15, 0.2) is 29.8 Å². The number of pyridine rings is 1. The van der Waals surface area contributed by atoms with Gasteiger partial charge in [0, 0.05) is 30.3 Å². The number of aryl methyl sites for hydroxylation is 1. The summed E-state index contributed by atoms with van der Waals surface area (Å²) >= 11 is 1.56. The van der Waals surface area contributed by atoms with E-state index in [0.29, 0.717) is 18.3 Å². The highest BCUT2D eigenvalue weighted by molar-refractivity contribution is 7.09. The minimum atomic E-state index is -0.148. The number of carbonyl (C=O) groups is 1. The molecule has 0 bridgehead atoms. The van der Waals surface area contributed by atoms with E-state index >= 15 is 0 Å². The van der Waals surface area contributed by atoms with Crippen molar-refractivity contribution in [3.8, 4) is 5.88 Å². The van der Waals surface area contributed by atoms with E-state index in [0.717, 1.165) is 22.9 Å². The minimum Gasteiger partial charge on any atom is -0.477 e.